The third-order valence-electron chi connectivity index (χ3n) is 2.57. The molecule has 0 fully saturated rings. The van der Waals surface area contributed by atoms with E-state index in [2.05, 4.69) is 11.1 Å². The van der Waals surface area contributed by atoms with Crippen molar-refractivity contribution in [1.82, 2.24) is 4.98 Å². The normalized spacial score (nSPS) is 9.78. The van der Waals surface area contributed by atoms with Crippen LogP contribution in [0.25, 0.3) is 0 Å². The average molecular weight is 238 g/mol. The van der Waals surface area contributed by atoms with Gasteiger partial charge in [0.2, 0.25) is 0 Å². The Kier molecular flexibility index (Phi) is 3.93. The van der Waals surface area contributed by atoms with E-state index in [0.717, 1.165) is 17.8 Å². The summed E-state index contributed by atoms with van der Waals surface area (Å²) in [5, 5.41) is 8.93. The highest BCUT2D eigenvalue weighted by molar-refractivity contribution is 5.42. The second-order valence-electron chi connectivity index (χ2n) is 3.98. The molecule has 90 valence electrons. The molecule has 18 heavy (non-hydrogen) atoms. The van der Waals surface area contributed by atoms with Crippen LogP contribution < -0.4 is 4.74 Å². The molecule has 0 aliphatic carbocycles. The summed E-state index contributed by atoms with van der Waals surface area (Å²) in [6, 6.07) is 15.3. The molecule has 0 aliphatic rings. The lowest BCUT2D eigenvalue weighted by Crippen LogP contribution is -2.04. The molecule has 3 nitrogen and oxygen atoms in total. The lowest BCUT2D eigenvalue weighted by Gasteiger charge is -2.07. The van der Waals surface area contributed by atoms with Gasteiger partial charge in [0.05, 0.1) is 12.2 Å². The van der Waals surface area contributed by atoms with Crippen LogP contribution in [0.4, 0.5) is 0 Å². The first-order chi connectivity index (χ1) is 8.79. The summed E-state index contributed by atoms with van der Waals surface area (Å²) in [4.78, 5) is 4.40. The molecular formula is C15H14N2O. The van der Waals surface area contributed by atoms with Gasteiger partial charge in [-0.15, -0.1) is 0 Å². The maximum Gasteiger partial charge on any atom is 0.137 e. The largest absolute Gasteiger partial charge is 0.492 e. The number of rotatable bonds is 4. The summed E-state index contributed by atoms with van der Waals surface area (Å²) in [5.41, 5.74) is 2.57. The Labute approximate surface area is 107 Å². The topological polar surface area (TPSA) is 45.9 Å². The molecular weight excluding hydrogens is 224 g/mol. The van der Waals surface area contributed by atoms with E-state index in [4.69, 9.17) is 10.00 Å². The Hall–Kier alpha value is -2.34. The first kappa shape index (κ1) is 12.1. The number of hydrogen-bond acceptors (Lipinski definition) is 3. The summed E-state index contributed by atoms with van der Waals surface area (Å²) in [6.45, 7) is 2.49. The van der Waals surface area contributed by atoms with Crippen molar-refractivity contribution in [3.05, 3.63) is 59.4 Å². The molecule has 0 unspecified atom stereocenters. The molecule has 1 heterocycles. The fourth-order valence-corrected chi connectivity index (χ4v) is 1.69. The van der Waals surface area contributed by atoms with Gasteiger partial charge in [-0.3, -0.25) is 4.98 Å². The Morgan fingerprint density at radius 3 is 2.78 bits per heavy atom. The summed E-state index contributed by atoms with van der Waals surface area (Å²) >= 11 is 0. The molecule has 0 saturated heterocycles. The second kappa shape index (κ2) is 5.83. The summed E-state index contributed by atoms with van der Waals surface area (Å²) in [5.74, 6) is 0.632. The molecule has 0 N–H and O–H groups in total. The van der Waals surface area contributed by atoms with Gasteiger partial charge in [-0.1, -0.05) is 18.2 Å². The van der Waals surface area contributed by atoms with Crippen LogP contribution in [-0.2, 0) is 6.42 Å². The number of ether oxygens (including phenoxy) is 1. The van der Waals surface area contributed by atoms with E-state index in [1.807, 2.05) is 43.3 Å². The highest BCUT2D eigenvalue weighted by Gasteiger charge is 2.02. The zero-order chi connectivity index (χ0) is 12.8. The van der Waals surface area contributed by atoms with Crippen LogP contribution in [0.1, 0.15) is 17.0 Å². The van der Waals surface area contributed by atoms with Crippen LogP contribution >= 0.6 is 0 Å². The quantitative estimate of drug-likeness (QED) is 0.822. The summed E-state index contributed by atoms with van der Waals surface area (Å²) in [7, 11) is 0. The highest BCUT2D eigenvalue weighted by atomic mass is 16.5. The Morgan fingerprint density at radius 1 is 1.17 bits per heavy atom. The van der Waals surface area contributed by atoms with Gasteiger partial charge in [-0.05, 0) is 31.2 Å². The third-order valence-corrected chi connectivity index (χ3v) is 2.57. The van der Waals surface area contributed by atoms with Crippen LogP contribution in [-0.4, -0.2) is 11.6 Å². The summed E-state index contributed by atoms with van der Waals surface area (Å²) < 4.78 is 5.61. The number of benzene rings is 1. The molecule has 1 aromatic heterocycles. The van der Waals surface area contributed by atoms with Crippen molar-refractivity contribution in [1.29, 1.82) is 5.26 Å². The number of nitriles is 1. The lowest BCUT2D eigenvalue weighted by atomic mass is 10.2. The molecule has 2 aromatic rings. The van der Waals surface area contributed by atoms with Crippen molar-refractivity contribution in [3.63, 3.8) is 0 Å². The molecule has 1 aromatic carbocycles. The van der Waals surface area contributed by atoms with Crippen molar-refractivity contribution in [2.45, 2.75) is 13.3 Å². The van der Waals surface area contributed by atoms with E-state index < -0.39 is 0 Å². The van der Waals surface area contributed by atoms with Crippen molar-refractivity contribution < 1.29 is 4.74 Å². The zero-order valence-corrected chi connectivity index (χ0v) is 10.3. The minimum atomic E-state index is 0.523. The van der Waals surface area contributed by atoms with E-state index >= 15 is 0 Å². The van der Waals surface area contributed by atoms with Crippen LogP contribution in [0.5, 0.6) is 5.75 Å². The van der Waals surface area contributed by atoms with Gasteiger partial charge in [0.15, 0.2) is 0 Å². The van der Waals surface area contributed by atoms with Gasteiger partial charge in [0.25, 0.3) is 0 Å². The third kappa shape index (κ3) is 3.08. The Bertz CT molecular complexity index is 573. The fourth-order valence-electron chi connectivity index (χ4n) is 1.69. The molecule has 0 amide bonds. The van der Waals surface area contributed by atoms with Crippen molar-refractivity contribution in [3.8, 4) is 11.8 Å². The Morgan fingerprint density at radius 2 is 2.00 bits per heavy atom. The van der Waals surface area contributed by atoms with Crippen molar-refractivity contribution in [2.75, 3.05) is 6.61 Å². The first-order valence-electron chi connectivity index (χ1n) is 5.84. The molecule has 0 bridgehead atoms. The molecule has 0 aliphatic heterocycles. The van der Waals surface area contributed by atoms with Crippen LogP contribution in [0.3, 0.4) is 0 Å². The Balaban J connectivity index is 1.95. The SMILES string of the molecule is Cc1cccc(CCOc2ccccc2C#N)n1. The van der Waals surface area contributed by atoms with Crippen LogP contribution in [0.2, 0.25) is 0 Å². The zero-order valence-electron chi connectivity index (χ0n) is 10.3. The van der Waals surface area contributed by atoms with Crippen LogP contribution in [0, 0.1) is 18.3 Å². The standard InChI is InChI=1S/C15H14N2O/c1-12-5-4-7-14(17-12)9-10-18-15-8-3-2-6-13(15)11-16/h2-8H,9-10H2,1H3. The fraction of sp³-hybridized carbons (Fsp3) is 0.200. The van der Waals surface area contributed by atoms with Gasteiger partial charge in [0.1, 0.15) is 11.8 Å². The van der Waals surface area contributed by atoms with Gasteiger partial charge in [-0.2, -0.15) is 5.26 Å². The number of nitrogens with zero attached hydrogens (tertiary/aromatic N) is 2. The minimum absolute atomic E-state index is 0.523. The lowest BCUT2D eigenvalue weighted by molar-refractivity contribution is 0.319. The predicted molar refractivity (Wildman–Crippen MR) is 69.3 cm³/mol. The summed E-state index contributed by atoms with van der Waals surface area (Å²) in [6.07, 6.45) is 0.738. The van der Waals surface area contributed by atoms with E-state index in [1.165, 1.54) is 0 Å². The van der Waals surface area contributed by atoms with Crippen molar-refractivity contribution >= 4 is 0 Å². The average Bonchev–Trinajstić information content (AvgIpc) is 2.39. The maximum atomic E-state index is 8.93. The molecule has 2 rings (SSSR count). The second-order valence-corrected chi connectivity index (χ2v) is 3.98. The van der Waals surface area contributed by atoms with E-state index in [0.29, 0.717) is 17.9 Å². The highest BCUT2D eigenvalue weighted by Crippen LogP contribution is 2.16. The minimum Gasteiger partial charge on any atom is -0.492 e. The van der Waals surface area contributed by atoms with E-state index in [-0.39, 0.29) is 0 Å². The monoisotopic (exact) mass is 238 g/mol. The van der Waals surface area contributed by atoms with E-state index in [9.17, 15) is 0 Å². The molecule has 0 saturated carbocycles. The maximum absolute atomic E-state index is 8.93. The number of aromatic nitrogens is 1. The number of para-hydroxylation sites is 1. The van der Waals surface area contributed by atoms with Gasteiger partial charge >= 0.3 is 0 Å². The molecule has 0 atom stereocenters. The first-order valence-corrected chi connectivity index (χ1v) is 5.84. The predicted octanol–water partition coefficient (Wildman–Crippen LogP) is 2.88. The number of hydrogen-bond donors (Lipinski definition) is 0. The van der Waals surface area contributed by atoms with Crippen LogP contribution in [0.15, 0.2) is 42.5 Å². The molecule has 0 radical (unpaired) electrons. The number of aryl methyl sites for hydroxylation is 1. The van der Waals surface area contributed by atoms with Gasteiger partial charge in [0, 0.05) is 17.8 Å². The van der Waals surface area contributed by atoms with Gasteiger partial charge in [-0.25, -0.2) is 0 Å². The molecule has 0 spiro atoms. The van der Waals surface area contributed by atoms with Crippen molar-refractivity contribution in [2.24, 2.45) is 0 Å². The number of pyridine rings is 1. The smallest absolute Gasteiger partial charge is 0.137 e. The molecule has 3 heteroatoms. The van der Waals surface area contributed by atoms with E-state index in [1.54, 1.807) is 6.07 Å². The van der Waals surface area contributed by atoms with Gasteiger partial charge < -0.3 is 4.74 Å².